The van der Waals surface area contributed by atoms with Crippen molar-refractivity contribution in [2.75, 3.05) is 57.8 Å². The maximum atomic E-state index is 13.8. The van der Waals surface area contributed by atoms with Crippen LogP contribution in [0.15, 0.2) is 31.0 Å². The second kappa shape index (κ2) is 10.5. The van der Waals surface area contributed by atoms with E-state index in [0.717, 1.165) is 86.4 Å². The van der Waals surface area contributed by atoms with Gasteiger partial charge in [0.05, 0.1) is 11.7 Å². The number of anilines is 1. The lowest BCUT2D eigenvalue weighted by Crippen LogP contribution is -2.58. The number of alkyl halides is 3. The van der Waals surface area contributed by atoms with E-state index in [0.29, 0.717) is 33.3 Å². The summed E-state index contributed by atoms with van der Waals surface area (Å²) < 4.78 is 47.1. The minimum absolute atomic E-state index is 0.0807. The van der Waals surface area contributed by atoms with Gasteiger partial charge in [-0.15, -0.1) is 0 Å². The van der Waals surface area contributed by atoms with Gasteiger partial charge in [0.1, 0.15) is 17.2 Å². The quantitative estimate of drug-likeness (QED) is 0.299. The van der Waals surface area contributed by atoms with Gasteiger partial charge in [-0.25, -0.2) is 9.97 Å². The van der Waals surface area contributed by atoms with Crippen LogP contribution in [-0.2, 0) is 0 Å². The van der Waals surface area contributed by atoms with Crippen molar-refractivity contribution in [1.82, 2.24) is 30.4 Å². The smallest absolute Gasteiger partial charge is 0.422 e. The molecule has 0 radical (unpaired) electrons. The maximum Gasteiger partial charge on any atom is 0.422 e. The summed E-state index contributed by atoms with van der Waals surface area (Å²) >= 11 is 0. The van der Waals surface area contributed by atoms with Crippen LogP contribution < -0.4 is 15.0 Å². The van der Waals surface area contributed by atoms with Crippen molar-refractivity contribution in [2.24, 2.45) is 5.41 Å². The Balaban J connectivity index is 1.49. The van der Waals surface area contributed by atoms with Gasteiger partial charge in [0.2, 0.25) is 0 Å². The number of aromatic amines is 1. The Bertz CT molecular complexity index is 1700. The monoisotopic (exact) mass is 591 g/mol. The number of aryl methyl sites for hydroxylation is 1. The molecule has 1 unspecified atom stereocenters. The molecule has 3 aliphatic heterocycles. The number of halogens is 3. The lowest BCUT2D eigenvalue weighted by atomic mass is 9.73. The molecule has 0 bridgehead atoms. The molecule has 0 saturated carbocycles. The number of nitrogens with zero attached hydrogens (tertiary/aromatic N) is 5. The molecule has 43 heavy (non-hydrogen) atoms. The van der Waals surface area contributed by atoms with Crippen molar-refractivity contribution in [3.8, 4) is 16.9 Å². The highest BCUT2D eigenvalue weighted by molar-refractivity contribution is 6.07. The summed E-state index contributed by atoms with van der Waals surface area (Å²) in [5, 5.41) is 12.1. The van der Waals surface area contributed by atoms with E-state index in [1.165, 1.54) is 0 Å². The average Bonchev–Trinajstić information content (AvgIpc) is 3.63. The first kappa shape index (κ1) is 28.1. The first-order valence-corrected chi connectivity index (χ1v) is 14.9. The Morgan fingerprint density at radius 2 is 1.91 bits per heavy atom. The van der Waals surface area contributed by atoms with Gasteiger partial charge in [-0.05, 0) is 74.0 Å². The molecule has 3 saturated heterocycles. The number of benzene rings is 2. The number of hydrogen-bond donors (Lipinski definition) is 2. The lowest BCUT2D eigenvalue weighted by molar-refractivity contribution is -0.153. The summed E-state index contributed by atoms with van der Waals surface area (Å²) in [7, 11) is 2.07. The highest BCUT2D eigenvalue weighted by Crippen LogP contribution is 2.47. The molecule has 7 rings (SSSR count). The molecule has 0 aliphatic carbocycles. The molecule has 1 atom stereocenters. The average molecular weight is 592 g/mol. The van der Waals surface area contributed by atoms with Crippen LogP contribution >= 0.6 is 0 Å². The first-order valence-electron chi connectivity index (χ1n) is 14.9. The molecule has 8 nitrogen and oxygen atoms in total. The number of aromatic nitrogens is 4. The summed E-state index contributed by atoms with van der Waals surface area (Å²) in [4.78, 5) is 14.7. The summed E-state index contributed by atoms with van der Waals surface area (Å²) in [6.07, 6.45) is 1.82. The largest absolute Gasteiger partial charge is 0.481 e. The van der Waals surface area contributed by atoms with Gasteiger partial charge >= 0.3 is 6.18 Å². The molecule has 2 aromatic carbocycles. The predicted molar refractivity (Wildman–Crippen MR) is 163 cm³/mol. The molecule has 3 fully saturated rings. The van der Waals surface area contributed by atoms with Crippen molar-refractivity contribution >= 4 is 33.7 Å². The number of likely N-dealkylation sites (N-methyl/N-ethyl adjacent to an activating group) is 1. The lowest BCUT2D eigenvalue weighted by Gasteiger charge is -2.48. The number of H-pyrrole nitrogens is 1. The zero-order chi connectivity index (χ0) is 29.9. The number of piperidine rings is 1. The van der Waals surface area contributed by atoms with Crippen LogP contribution in [0.3, 0.4) is 0 Å². The highest BCUT2D eigenvalue weighted by atomic mass is 19.4. The molecule has 226 valence electrons. The van der Waals surface area contributed by atoms with Gasteiger partial charge in [-0.2, -0.15) is 18.3 Å². The van der Waals surface area contributed by atoms with Crippen LogP contribution in [0, 0.1) is 12.3 Å². The van der Waals surface area contributed by atoms with Crippen molar-refractivity contribution in [1.29, 1.82) is 0 Å². The van der Waals surface area contributed by atoms with Gasteiger partial charge in [-0.3, -0.25) is 5.10 Å². The third-order valence-electron chi connectivity index (χ3n) is 9.54. The molecule has 1 spiro atoms. The number of fused-ring (bicyclic) bond motifs is 2. The Kier molecular flexibility index (Phi) is 6.85. The summed E-state index contributed by atoms with van der Waals surface area (Å²) in [6.45, 7) is 10.0. The predicted octanol–water partition coefficient (Wildman–Crippen LogP) is 5.67. The van der Waals surface area contributed by atoms with Crippen molar-refractivity contribution in [3.63, 3.8) is 0 Å². The van der Waals surface area contributed by atoms with Gasteiger partial charge in [0.25, 0.3) is 0 Å². The van der Waals surface area contributed by atoms with Gasteiger partial charge in [0, 0.05) is 55.0 Å². The molecular weight excluding hydrogens is 555 g/mol. The summed E-state index contributed by atoms with van der Waals surface area (Å²) in [5.41, 5.74) is 4.35. The molecule has 11 heteroatoms. The van der Waals surface area contributed by atoms with E-state index in [1.54, 1.807) is 12.3 Å². The number of ether oxygens (including phenoxy) is 1. The number of hydrogen-bond acceptors (Lipinski definition) is 7. The van der Waals surface area contributed by atoms with Crippen LogP contribution in [0.1, 0.15) is 42.1 Å². The van der Waals surface area contributed by atoms with Crippen LogP contribution in [0.25, 0.3) is 39.0 Å². The van der Waals surface area contributed by atoms with E-state index in [-0.39, 0.29) is 11.7 Å². The first-order chi connectivity index (χ1) is 20.6. The second-order valence-electron chi connectivity index (χ2n) is 12.5. The highest BCUT2D eigenvalue weighted by Gasteiger charge is 2.41. The summed E-state index contributed by atoms with van der Waals surface area (Å²) in [5.74, 6) is 1.61. The van der Waals surface area contributed by atoms with E-state index in [2.05, 4.69) is 38.9 Å². The maximum absolute atomic E-state index is 13.8. The van der Waals surface area contributed by atoms with Crippen molar-refractivity contribution in [3.05, 3.63) is 47.9 Å². The van der Waals surface area contributed by atoms with Crippen LogP contribution in [0.5, 0.6) is 5.75 Å². The zero-order valence-corrected chi connectivity index (χ0v) is 24.5. The molecule has 2 aromatic heterocycles. The van der Waals surface area contributed by atoms with Crippen molar-refractivity contribution in [2.45, 2.75) is 38.3 Å². The SMILES string of the molecule is C=Cc1cc2c(N3CCC4(CC3)CNC4)nc(C3CCN(C)C3)nc2c(OCC(F)(F)F)c1-c1c(C)ccc2[nH]ncc12. The third kappa shape index (κ3) is 5.02. The van der Waals surface area contributed by atoms with Gasteiger partial charge in [-0.1, -0.05) is 18.7 Å². The van der Waals surface area contributed by atoms with Crippen molar-refractivity contribution < 1.29 is 17.9 Å². The standard InChI is InChI=1S/C32H36F3N7O/c1-4-20-13-22-27(28(43-18-32(33,34)35)26(20)25-19(2)5-6-24-23(25)14-37-40-24)38-29(21-7-10-41(3)15-21)39-30(22)42-11-8-31(9-12-42)16-36-17-31/h4-6,13-14,21,36H,1,7-12,15-18H2,2-3H3,(H,37,40). The van der Waals surface area contributed by atoms with E-state index >= 15 is 0 Å². The van der Waals surface area contributed by atoms with Crippen LogP contribution in [0.4, 0.5) is 19.0 Å². The number of likely N-dealkylation sites (tertiary alicyclic amines) is 1. The normalized spacial score (nSPS) is 20.7. The summed E-state index contributed by atoms with van der Waals surface area (Å²) in [6, 6.07) is 5.83. The van der Waals surface area contributed by atoms with E-state index in [9.17, 15) is 13.2 Å². The van der Waals surface area contributed by atoms with Gasteiger partial charge < -0.3 is 19.9 Å². The Morgan fingerprint density at radius 3 is 2.56 bits per heavy atom. The third-order valence-corrected chi connectivity index (χ3v) is 9.54. The topological polar surface area (TPSA) is 82.2 Å². The fraction of sp³-hybridized carbons (Fsp3) is 0.469. The molecule has 2 N–H and O–H groups in total. The minimum atomic E-state index is -4.53. The molecule has 5 heterocycles. The fourth-order valence-electron chi connectivity index (χ4n) is 7.02. The van der Waals surface area contributed by atoms with Gasteiger partial charge in [0.15, 0.2) is 12.4 Å². The van der Waals surface area contributed by atoms with Crippen LogP contribution in [0.2, 0.25) is 0 Å². The Hall–Kier alpha value is -3.70. The van der Waals surface area contributed by atoms with E-state index in [1.807, 2.05) is 25.1 Å². The molecule has 4 aromatic rings. The fourth-order valence-corrected chi connectivity index (χ4v) is 7.02. The molecular formula is C32H36F3N7O. The Morgan fingerprint density at radius 1 is 1.12 bits per heavy atom. The number of nitrogens with one attached hydrogen (secondary N) is 2. The van der Waals surface area contributed by atoms with E-state index < -0.39 is 12.8 Å². The minimum Gasteiger partial charge on any atom is -0.481 e. The molecule has 0 amide bonds. The van der Waals surface area contributed by atoms with Crippen LogP contribution in [-0.4, -0.2) is 84.2 Å². The second-order valence-corrected chi connectivity index (χ2v) is 12.5. The zero-order valence-electron chi connectivity index (χ0n) is 24.5. The number of rotatable bonds is 6. The Labute approximate surface area is 248 Å². The molecule has 3 aliphatic rings. The van der Waals surface area contributed by atoms with E-state index in [4.69, 9.17) is 14.7 Å².